The molecule has 1 amide bonds. The zero-order chi connectivity index (χ0) is 16.4. The Morgan fingerprint density at radius 1 is 1.35 bits per heavy atom. The van der Waals surface area contributed by atoms with E-state index in [1.54, 1.807) is 17.2 Å². The molecule has 7 nitrogen and oxygen atoms in total. The number of imidazole rings is 1. The number of hydrogen-bond acceptors (Lipinski definition) is 5. The number of nitrogens with zero attached hydrogens (tertiary/aromatic N) is 5. The third-order valence-corrected chi connectivity index (χ3v) is 4.33. The number of aromatic nitrogens is 3. The van der Waals surface area contributed by atoms with Crippen LogP contribution in [-0.4, -0.2) is 61.5 Å². The summed E-state index contributed by atoms with van der Waals surface area (Å²) in [6.07, 6.45) is 5.20. The SMILES string of the molecule is CCN1CCN(C(=O)c2ncccc2O)CC1c1nccn1C. The molecule has 0 saturated carbocycles. The number of carbonyl (C=O) groups excluding carboxylic acids is 1. The van der Waals surface area contributed by atoms with Crippen LogP contribution in [0.3, 0.4) is 0 Å². The van der Waals surface area contributed by atoms with E-state index >= 15 is 0 Å². The topological polar surface area (TPSA) is 74.5 Å². The van der Waals surface area contributed by atoms with E-state index in [4.69, 9.17) is 0 Å². The first-order chi connectivity index (χ1) is 11.1. The standard InChI is InChI=1S/C16H21N5O2/c1-3-20-9-10-21(11-12(20)15-18-7-8-19(15)2)16(23)14-13(22)5-4-6-17-14/h4-8,12,22H,3,9-11H2,1-2H3. The summed E-state index contributed by atoms with van der Waals surface area (Å²) in [5, 5.41) is 9.87. The predicted octanol–water partition coefficient (Wildman–Crippen LogP) is 1.04. The van der Waals surface area contributed by atoms with Gasteiger partial charge in [0.2, 0.25) is 0 Å². The Morgan fingerprint density at radius 3 is 2.83 bits per heavy atom. The fraction of sp³-hybridized carbons (Fsp3) is 0.438. The number of carbonyl (C=O) groups is 1. The summed E-state index contributed by atoms with van der Waals surface area (Å²) in [6, 6.07) is 3.14. The van der Waals surface area contributed by atoms with Gasteiger partial charge in [0.1, 0.15) is 11.6 Å². The van der Waals surface area contributed by atoms with E-state index in [1.165, 1.54) is 12.3 Å². The molecule has 0 radical (unpaired) electrons. The second-order valence-electron chi connectivity index (χ2n) is 5.66. The first-order valence-electron chi connectivity index (χ1n) is 7.76. The molecule has 0 bridgehead atoms. The molecule has 3 heterocycles. The zero-order valence-corrected chi connectivity index (χ0v) is 13.4. The molecule has 1 aliphatic rings. The van der Waals surface area contributed by atoms with Gasteiger partial charge in [0.15, 0.2) is 5.69 Å². The van der Waals surface area contributed by atoms with Gasteiger partial charge in [0.25, 0.3) is 5.91 Å². The summed E-state index contributed by atoms with van der Waals surface area (Å²) in [4.78, 5) is 25.2. The van der Waals surface area contributed by atoms with Gasteiger partial charge in [-0.2, -0.15) is 0 Å². The van der Waals surface area contributed by atoms with Gasteiger partial charge in [-0.05, 0) is 18.7 Å². The van der Waals surface area contributed by atoms with Gasteiger partial charge < -0.3 is 14.6 Å². The third-order valence-electron chi connectivity index (χ3n) is 4.33. The number of amides is 1. The smallest absolute Gasteiger partial charge is 0.276 e. The van der Waals surface area contributed by atoms with E-state index < -0.39 is 0 Å². The maximum absolute atomic E-state index is 12.7. The Bertz CT molecular complexity index is 699. The molecule has 7 heteroatoms. The number of pyridine rings is 1. The Balaban J connectivity index is 1.84. The molecule has 1 unspecified atom stereocenters. The molecular formula is C16H21N5O2. The molecule has 1 aliphatic heterocycles. The van der Waals surface area contributed by atoms with Crippen LogP contribution in [0.15, 0.2) is 30.7 Å². The van der Waals surface area contributed by atoms with Crippen LogP contribution in [0.4, 0.5) is 0 Å². The number of hydrogen-bond donors (Lipinski definition) is 1. The Morgan fingerprint density at radius 2 is 2.17 bits per heavy atom. The fourth-order valence-electron chi connectivity index (χ4n) is 3.04. The molecule has 122 valence electrons. The fourth-order valence-corrected chi connectivity index (χ4v) is 3.04. The molecule has 0 aliphatic carbocycles. The van der Waals surface area contributed by atoms with E-state index in [0.29, 0.717) is 13.1 Å². The van der Waals surface area contributed by atoms with Gasteiger partial charge in [-0.3, -0.25) is 9.69 Å². The van der Waals surface area contributed by atoms with Crippen LogP contribution in [0.25, 0.3) is 0 Å². The van der Waals surface area contributed by atoms with Crippen molar-refractivity contribution in [1.29, 1.82) is 0 Å². The van der Waals surface area contributed by atoms with Gasteiger partial charge in [-0.1, -0.05) is 6.92 Å². The molecule has 1 atom stereocenters. The van der Waals surface area contributed by atoms with Crippen LogP contribution in [-0.2, 0) is 7.05 Å². The molecule has 1 fully saturated rings. The number of piperazine rings is 1. The Hall–Kier alpha value is -2.41. The van der Waals surface area contributed by atoms with Crippen LogP contribution in [0.5, 0.6) is 5.75 Å². The molecule has 1 saturated heterocycles. The van der Waals surface area contributed by atoms with Crippen molar-refractivity contribution in [1.82, 2.24) is 24.3 Å². The van der Waals surface area contributed by atoms with Crippen LogP contribution in [0, 0.1) is 0 Å². The minimum atomic E-state index is -0.238. The largest absolute Gasteiger partial charge is 0.505 e. The van der Waals surface area contributed by atoms with Gasteiger partial charge in [0, 0.05) is 45.3 Å². The van der Waals surface area contributed by atoms with Crippen molar-refractivity contribution in [2.45, 2.75) is 13.0 Å². The Kier molecular flexibility index (Phi) is 4.29. The van der Waals surface area contributed by atoms with Gasteiger partial charge in [0.05, 0.1) is 6.04 Å². The number of rotatable bonds is 3. The highest BCUT2D eigenvalue weighted by atomic mass is 16.3. The van der Waals surface area contributed by atoms with Gasteiger partial charge >= 0.3 is 0 Å². The van der Waals surface area contributed by atoms with Crippen molar-refractivity contribution < 1.29 is 9.90 Å². The van der Waals surface area contributed by atoms with Crippen LogP contribution >= 0.6 is 0 Å². The molecule has 3 rings (SSSR count). The summed E-state index contributed by atoms with van der Waals surface area (Å²) in [5.74, 6) is 0.622. The van der Waals surface area contributed by atoms with Crippen molar-refractivity contribution >= 4 is 5.91 Å². The molecule has 23 heavy (non-hydrogen) atoms. The predicted molar refractivity (Wildman–Crippen MR) is 85.0 cm³/mol. The summed E-state index contributed by atoms with van der Waals surface area (Å²) in [7, 11) is 1.96. The van der Waals surface area contributed by atoms with Crippen molar-refractivity contribution in [2.24, 2.45) is 7.05 Å². The van der Waals surface area contributed by atoms with Gasteiger partial charge in [-0.25, -0.2) is 9.97 Å². The lowest BCUT2D eigenvalue weighted by Crippen LogP contribution is -2.51. The van der Waals surface area contributed by atoms with Crippen molar-refractivity contribution in [3.63, 3.8) is 0 Å². The average molecular weight is 315 g/mol. The second-order valence-corrected chi connectivity index (χ2v) is 5.66. The lowest BCUT2D eigenvalue weighted by molar-refractivity contribution is 0.0465. The normalized spacial score (nSPS) is 19.0. The van der Waals surface area contributed by atoms with Gasteiger partial charge in [-0.15, -0.1) is 0 Å². The first-order valence-corrected chi connectivity index (χ1v) is 7.76. The van der Waals surface area contributed by atoms with E-state index in [1.807, 2.05) is 17.8 Å². The van der Waals surface area contributed by atoms with Crippen LogP contribution < -0.4 is 0 Å². The zero-order valence-electron chi connectivity index (χ0n) is 13.4. The first kappa shape index (κ1) is 15.5. The summed E-state index contributed by atoms with van der Waals surface area (Å²) in [5.41, 5.74) is 0.107. The average Bonchev–Trinajstić information content (AvgIpc) is 3.00. The highest BCUT2D eigenvalue weighted by Crippen LogP contribution is 2.25. The van der Waals surface area contributed by atoms with Crippen LogP contribution in [0.2, 0.25) is 0 Å². The lowest BCUT2D eigenvalue weighted by Gasteiger charge is -2.40. The third kappa shape index (κ3) is 2.92. The Labute approximate surface area is 135 Å². The van der Waals surface area contributed by atoms with E-state index in [2.05, 4.69) is 21.8 Å². The number of aryl methyl sites for hydroxylation is 1. The minimum Gasteiger partial charge on any atom is -0.505 e. The molecule has 0 spiro atoms. The van der Waals surface area contributed by atoms with E-state index in [0.717, 1.165) is 18.9 Å². The van der Waals surface area contributed by atoms with Crippen molar-refractivity contribution in [2.75, 3.05) is 26.2 Å². The molecular weight excluding hydrogens is 294 g/mol. The quantitative estimate of drug-likeness (QED) is 0.916. The van der Waals surface area contributed by atoms with E-state index in [-0.39, 0.29) is 23.4 Å². The summed E-state index contributed by atoms with van der Waals surface area (Å²) in [6.45, 7) is 4.93. The van der Waals surface area contributed by atoms with Crippen molar-refractivity contribution in [3.05, 3.63) is 42.2 Å². The maximum Gasteiger partial charge on any atom is 0.276 e. The minimum absolute atomic E-state index is 0.0450. The molecule has 2 aromatic rings. The van der Waals surface area contributed by atoms with Crippen LogP contribution in [0.1, 0.15) is 29.3 Å². The molecule has 0 aromatic carbocycles. The molecule has 2 aromatic heterocycles. The lowest BCUT2D eigenvalue weighted by atomic mass is 10.1. The molecule has 1 N–H and O–H groups in total. The highest BCUT2D eigenvalue weighted by Gasteiger charge is 2.33. The van der Waals surface area contributed by atoms with Crippen molar-refractivity contribution in [3.8, 4) is 5.75 Å². The monoisotopic (exact) mass is 315 g/mol. The van der Waals surface area contributed by atoms with E-state index in [9.17, 15) is 9.90 Å². The summed E-state index contributed by atoms with van der Waals surface area (Å²) < 4.78 is 1.99. The highest BCUT2D eigenvalue weighted by molar-refractivity contribution is 5.94. The number of likely N-dealkylation sites (N-methyl/N-ethyl adjacent to an activating group) is 1. The second kappa shape index (κ2) is 6.37. The number of aromatic hydroxyl groups is 1. The summed E-state index contributed by atoms with van der Waals surface area (Å²) >= 11 is 0. The maximum atomic E-state index is 12.7.